The van der Waals surface area contributed by atoms with Crippen molar-refractivity contribution in [3.05, 3.63) is 83.9 Å². The molecular weight excluding hydrogens is 392 g/mol. The third kappa shape index (κ3) is 4.43. The molecule has 1 amide bonds. The van der Waals surface area contributed by atoms with Gasteiger partial charge in [0, 0.05) is 42.6 Å². The minimum atomic E-state index is -0.174. The summed E-state index contributed by atoms with van der Waals surface area (Å²) in [6, 6.07) is 17.6. The molecule has 0 aliphatic heterocycles. The van der Waals surface area contributed by atoms with Crippen LogP contribution >= 0.6 is 0 Å². The van der Waals surface area contributed by atoms with Crippen molar-refractivity contribution in [2.45, 2.75) is 18.9 Å². The van der Waals surface area contributed by atoms with E-state index in [1.165, 1.54) is 0 Å². The summed E-state index contributed by atoms with van der Waals surface area (Å²) >= 11 is 0. The van der Waals surface area contributed by atoms with E-state index in [0.717, 1.165) is 27.8 Å². The minimum Gasteiger partial charge on any atom is -0.497 e. The van der Waals surface area contributed by atoms with Gasteiger partial charge in [0.1, 0.15) is 17.3 Å². The SMILES string of the molecule is COc1cc(OC)cc(C(CC(=O)NCc2ccco2)c2cn(C)c3ccccc23)c1. The van der Waals surface area contributed by atoms with Gasteiger partial charge in [-0.25, -0.2) is 0 Å². The molecule has 0 aliphatic carbocycles. The quantitative estimate of drug-likeness (QED) is 0.453. The van der Waals surface area contributed by atoms with E-state index >= 15 is 0 Å². The lowest BCUT2D eigenvalue weighted by atomic mass is 9.87. The molecule has 2 aromatic heterocycles. The van der Waals surface area contributed by atoms with Crippen LogP contribution in [-0.2, 0) is 18.4 Å². The summed E-state index contributed by atoms with van der Waals surface area (Å²) in [5.74, 6) is 1.87. The molecule has 1 N–H and O–H groups in total. The highest BCUT2D eigenvalue weighted by molar-refractivity contribution is 5.86. The number of fused-ring (bicyclic) bond motifs is 1. The average molecular weight is 418 g/mol. The molecule has 0 aliphatic rings. The van der Waals surface area contributed by atoms with E-state index < -0.39 is 0 Å². The number of methoxy groups -OCH3 is 2. The number of hydrogen-bond acceptors (Lipinski definition) is 4. The Morgan fingerprint density at radius 2 is 1.81 bits per heavy atom. The zero-order valence-corrected chi connectivity index (χ0v) is 17.9. The maximum absolute atomic E-state index is 12.9. The van der Waals surface area contributed by atoms with Crippen molar-refractivity contribution in [1.29, 1.82) is 0 Å². The first kappa shape index (κ1) is 20.6. The topological polar surface area (TPSA) is 65.6 Å². The van der Waals surface area contributed by atoms with Crippen LogP contribution in [0.2, 0.25) is 0 Å². The molecule has 31 heavy (non-hydrogen) atoms. The first-order chi connectivity index (χ1) is 15.1. The summed E-state index contributed by atoms with van der Waals surface area (Å²) in [7, 11) is 5.27. The predicted molar refractivity (Wildman–Crippen MR) is 119 cm³/mol. The highest BCUT2D eigenvalue weighted by atomic mass is 16.5. The van der Waals surface area contributed by atoms with Gasteiger partial charge in [0.25, 0.3) is 0 Å². The first-order valence-electron chi connectivity index (χ1n) is 10.1. The second-order valence-corrected chi connectivity index (χ2v) is 7.47. The number of ether oxygens (including phenoxy) is 2. The molecule has 0 radical (unpaired) electrons. The minimum absolute atomic E-state index is 0.0591. The molecule has 6 heteroatoms. The van der Waals surface area contributed by atoms with E-state index in [-0.39, 0.29) is 18.2 Å². The number of aryl methyl sites for hydroxylation is 1. The van der Waals surface area contributed by atoms with Crippen molar-refractivity contribution in [3.63, 3.8) is 0 Å². The molecule has 4 aromatic rings. The molecule has 2 heterocycles. The number of nitrogens with one attached hydrogen (secondary N) is 1. The Morgan fingerprint density at radius 3 is 2.48 bits per heavy atom. The first-order valence-corrected chi connectivity index (χ1v) is 10.1. The molecule has 2 aromatic carbocycles. The van der Waals surface area contributed by atoms with E-state index in [4.69, 9.17) is 13.9 Å². The number of nitrogens with zero attached hydrogens (tertiary/aromatic N) is 1. The Morgan fingerprint density at radius 1 is 1.06 bits per heavy atom. The lowest BCUT2D eigenvalue weighted by Crippen LogP contribution is -2.24. The van der Waals surface area contributed by atoms with Gasteiger partial charge in [-0.2, -0.15) is 0 Å². The van der Waals surface area contributed by atoms with E-state index in [9.17, 15) is 4.79 Å². The Kier molecular flexibility index (Phi) is 5.98. The Labute approximate surface area is 181 Å². The van der Waals surface area contributed by atoms with Gasteiger partial charge in [-0.1, -0.05) is 18.2 Å². The van der Waals surface area contributed by atoms with Crippen LogP contribution in [0.4, 0.5) is 0 Å². The second kappa shape index (κ2) is 9.00. The van der Waals surface area contributed by atoms with Crippen LogP contribution in [0.5, 0.6) is 11.5 Å². The van der Waals surface area contributed by atoms with Crippen LogP contribution in [-0.4, -0.2) is 24.7 Å². The summed E-state index contributed by atoms with van der Waals surface area (Å²) in [4.78, 5) is 12.9. The van der Waals surface area contributed by atoms with Gasteiger partial charge in [-0.15, -0.1) is 0 Å². The maximum Gasteiger partial charge on any atom is 0.221 e. The standard InChI is InChI=1S/C25H26N2O4/c1-27-16-23(21-8-4-5-9-24(21)27)22(14-25(28)26-15-18-7-6-10-31-18)17-11-19(29-2)13-20(12-17)30-3/h4-13,16,22H,14-15H2,1-3H3,(H,26,28). The van der Waals surface area contributed by atoms with Gasteiger partial charge in [0.05, 0.1) is 27.0 Å². The largest absolute Gasteiger partial charge is 0.497 e. The average Bonchev–Trinajstić information content (AvgIpc) is 3.44. The van der Waals surface area contributed by atoms with Crippen LogP contribution in [0, 0.1) is 0 Å². The van der Waals surface area contributed by atoms with Gasteiger partial charge < -0.3 is 23.8 Å². The Bertz CT molecular complexity index is 1160. The monoisotopic (exact) mass is 418 g/mol. The third-order valence-corrected chi connectivity index (χ3v) is 5.51. The summed E-state index contributed by atoms with van der Waals surface area (Å²) < 4.78 is 18.4. The summed E-state index contributed by atoms with van der Waals surface area (Å²) in [6.07, 6.45) is 3.98. The number of para-hydroxylation sites is 1. The van der Waals surface area contributed by atoms with Crippen molar-refractivity contribution in [3.8, 4) is 11.5 Å². The van der Waals surface area contributed by atoms with Gasteiger partial charge in [0.15, 0.2) is 0 Å². The molecule has 6 nitrogen and oxygen atoms in total. The number of carbonyl (C=O) groups is 1. The fourth-order valence-corrected chi connectivity index (χ4v) is 3.95. The predicted octanol–water partition coefficient (Wildman–Crippen LogP) is 4.63. The molecule has 1 unspecified atom stereocenters. The molecule has 160 valence electrons. The number of rotatable bonds is 8. The van der Waals surface area contributed by atoms with Crippen LogP contribution in [0.25, 0.3) is 10.9 Å². The fraction of sp³-hybridized carbons (Fsp3) is 0.240. The summed E-state index contributed by atoms with van der Waals surface area (Å²) in [6.45, 7) is 0.357. The second-order valence-electron chi connectivity index (χ2n) is 7.47. The van der Waals surface area contributed by atoms with E-state index in [2.05, 4.69) is 28.2 Å². The van der Waals surface area contributed by atoms with E-state index in [0.29, 0.717) is 18.0 Å². The number of amides is 1. The zero-order valence-electron chi connectivity index (χ0n) is 17.9. The molecule has 4 rings (SSSR count). The van der Waals surface area contributed by atoms with E-state index in [1.54, 1.807) is 20.5 Å². The molecule has 0 bridgehead atoms. The van der Waals surface area contributed by atoms with Crippen molar-refractivity contribution >= 4 is 16.8 Å². The zero-order chi connectivity index (χ0) is 21.8. The van der Waals surface area contributed by atoms with Crippen LogP contribution in [0.1, 0.15) is 29.2 Å². The maximum atomic E-state index is 12.9. The number of hydrogen-bond donors (Lipinski definition) is 1. The number of carbonyl (C=O) groups excluding carboxylic acids is 1. The molecule has 0 spiro atoms. The van der Waals surface area contributed by atoms with Gasteiger partial charge in [-0.05, 0) is 41.5 Å². The lowest BCUT2D eigenvalue weighted by molar-refractivity contribution is -0.121. The van der Waals surface area contributed by atoms with Crippen LogP contribution < -0.4 is 14.8 Å². The smallest absolute Gasteiger partial charge is 0.221 e. The summed E-state index contributed by atoms with van der Waals surface area (Å²) in [5.41, 5.74) is 3.16. The lowest BCUT2D eigenvalue weighted by Gasteiger charge is -2.19. The van der Waals surface area contributed by atoms with Crippen LogP contribution in [0.3, 0.4) is 0 Å². The highest BCUT2D eigenvalue weighted by Crippen LogP contribution is 2.37. The Hall–Kier alpha value is -3.67. The van der Waals surface area contributed by atoms with Gasteiger partial charge in [-0.3, -0.25) is 4.79 Å². The summed E-state index contributed by atoms with van der Waals surface area (Å²) in [5, 5.41) is 4.09. The molecule has 0 saturated carbocycles. The molecule has 1 atom stereocenters. The van der Waals surface area contributed by atoms with Gasteiger partial charge >= 0.3 is 0 Å². The third-order valence-electron chi connectivity index (χ3n) is 5.51. The molecule has 0 saturated heterocycles. The van der Waals surface area contributed by atoms with Crippen molar-refractivity contribution in [2.75, 3.05) is 14.2 Å². The number of aromatic nitrogens is 1. The van der Waals surface area contributed by atoms with Gasteiger partial charge in [0.2, 0.25) is 5.91 Å². The number of furan rings is 1. The normalized spacial score (nSPS) is 12.0. The van der Waals surface area contributed by atoms with Crippen LogP contribution in [0.15, 0.2) is 71.5 Å². The Balaban J connectivity index is 1.72. The van der Waals surface area contributed by atoms with Crippen molar-refractivity contribution in [2.24, 2.45) is 7.05 Å². The van der Waals surface area contributed by atoms with Crippen molar-refractivity contribution in [1.82, 2.24) is 9.88 Å². The fourth-order valence-electron chi connectivity index (χ4n) is 3.95. The van der Waals surface area contributed by atoms with Crippen molar-refractivity contribution < 1.29 is 18.7 Å². The number of benzene rings is 2. The molecule has 0 fully saturated rings. The highest BCUT2D eigenvalue weighted by Gasteiger charge is 2.23. The van der Waals surface area contributed by atoms with E-state index in [1.807, 2.05) is 49.5 Å². The molecular formula is C25H26N2O4.